The molecule has 1 aromatic rings. The monoisotopic (exact) mass is 346 g/mol. The first-order valence-corrected chi connectivity index (χ1v) is 8.47. The Bertz CT molecular complexity index is 732. The van der Waals surface area contributed by atoms with Gasteiger partial charge in [0, 0.05) is 49.2 Å². The summed E-state index contributed by atoms with van der Waals surface area (Å²) in [5, 5.41) is 16.2. The van der Waals surface area contributed by atoms with E-state index in [9.17, 15) is 9.18 Å². The molecular formula is C17H23FN6O. The Hall–Kier alpha value is -2.48. The van der Waals surface area contributed by atoms with Gasteiger partial charge in [-0.2, -0.15) is 0 Å². The predicted molar refractivity (Wildman–Crippen MR) is 95.0 cm³/mol. The Morgan fingerprint density at radius 3 is 2.88 bits per heavy atom. The van der Waals surface area contributed by atoms with E-state index in [0.29, 0.717) is 11.3 Å². The minimum atomic E-state index is -0.524. The first kappa shape index (κ1) is 17.3. The van der Waals surface area contributed by atoms with Crippen molar-refractivity contribution in [2.75, 3.05) is 12.4 Å². The van der Waals surface area contributed by atoms with Gasteiger partial charge in [-0.3, -0.25) is 4.79 Å². The van der Waals surface area contributed by atoms with Crippen molar-refractivity contribution in [3.05, 3.63) is 28.8 Å². The summed E-state index contributed by atoms with van der Waals surface area (Å²) in [6.45, 7) is 0.117. The molecule has 134 valence electrons. The normalized spacial score (nSPS) is 23.0. The number of nitrogens with zero attached hydrogens (tertiary/aromatic N) is 1. The molecule has 1 fully saturated rings. The number of hydrogen-bond donors (Lipinski definition) is 5. The van der Waals surface area contributed by atoms with Crippen molar-refractivity contribution >= 4 is 23.5 Å². The topological polar surface area (TPSA) is 116 Å². The highest BCUT2D eigenvalue weighted by atomic mass is 19.1. The van der Waals surface area contributed by atoms with E-state index in [4.69, 9.17) is 11.1 Å². The van der Waals surface area contributed by atoms with Crippen molar-refractivity contribution in [2.45, 2.75) is 44.3 Å². The number of rotatable bonds is 5. The summed E-state index contributed by atoms with van der Waals surface area (Å²) in [6.07, 6.45) is 6.52. The third kappa shape index (κ3) is 3.21. The molecule has 25 heavy (non-hydrogen) atoms. The second kappa shape index (κ2) is 7.18. The molecule has 1 saturated carbocycles. The van der Waals surface area contributed by atoms with Crippen LogP contribution in [0, 0.1) is 11.2 Å². The number of allylic oxidation sites excluding steroid dienone is 1. The van der Waals surface area contributed by atoms with Gasteiger partial charge >= 0.3 is 0 Å². The molecule has 0 bridgehead atoms. The second-order valence-electron chi connectivity index (χ2n) is 6.39. The van der Waals surface area contributed by atoms with Gasteiger partial charge in [-0.1, -0.05) is 12.8 Å². The number of nitrogens with one attached hydrogen (secondary N) is 4. The molecule has 2 heterocycles. The highest BCUT2D eigenvalue weighted by Crippen LogP contribution is 2.31. The lowest BCUT2D eigenvalue weighted by molar-refractivity contribution is 0.0965. The van der Waals surface area contributed by atoms with E-state index in [1.54, 1.807) is 13.2 Å². The molecule has 3 rings (SSSR count). The Labute approximate surface area is 145 Å². The van der Waals surface area contributed by atoms with Gasteiger partial charge in [0.05, 0.1) is 11.3 Å². The van der Waals surface area contributed by atoms with Gasteiger partial charge in [0.15, 0.2) is 11.6 Å². The molecule has 1 aromatic heterocycles. The molecule has 0 radical (unpaired) electrons. The number of carbonyl (C=O) groups excluding carboxylic acids is 1. The molecule has 1 amide bonds. The third-order valence-corrected chi connectivity index (χ3v) is 4.76. The molecule has 0 spiro atoms. The van der Waals surface area contributed by atoms with Crippen LogP contribution < -0.4 is 21.7 Å². The van der Waals surface area contributed by atoms with E-state index < -0.39 is 5.82 Å². The van der Waals surface area contributed by atoms with Crippen LogP contribution in [0.1, 0.15) is 47.3 Å². The lowest BCUT2D eigenvalue weighted by atomic mass is 9.91. The van der Waals surface area contributed by atoms with Crippen LogP contribution in [-0.2, 0) is 6.54 Å². The molecule has 2 aliphatic rings. The van der Waals surface area contributed by atoms with Gasteiger partial charge in [0.1, 0.15) is 0 Å². The highest BCUT2D eigenvalue weighted by Gasteiger charge is 2.32. The van der Waals surface area contributed by atoms with E-state index in [-0.39, 0.29) is 41.5 Å². The SMILES string of the molecule is CN/C=C(\C=N)c1nc(NC2CCCCC2N)c(F)c2c1C(=O)NC2. The van der Waals surface area contributed by atoms with Gasteiger partial charge in [-0.15, -0.1) is 0 Å². The van der Waals surface area contributed by atoms with Crippen LogP contribution in [0.15, 0.2) is 6.20 Å². The number of carbonyl (C=O) groups is 1. The average molecular weight is 346 g/mol. The number of nitrogens with two attached hydrogens (primary N) is 1. The lowest BCUT2D eigenvalue weighted by Crippen LogP contribution is -2.43. The Kier molecular flexibility index (Phi) is 4.98. The fraction of sp³-hybridized carbons (Fsp3) is 0.471. The molecule has 1 aliphatic carbocycles. The summed E-state index contributed by atoms with van der Waals surface area (Å²) in [5.41, 5.74) is 7.33. The van der Waals surface area contributed by atoms with Crippen LogP contribution in [0.2, 0.25) is 0 Å². The van der Waals surface area contributed by atoms with Crippen LogP contribution in [0.5, 0.6) is 0 Å². The van der Waals surface area contributed by atoms with Crippen molar-refractivity contribution in [3.63, 3.8) is 0 Å². The summed E-state index contributed by atoms with van der Waals surface area (Å²) in [5.74, 6) is -0.804. The van der Waals surface area contributed by atoms with Crippen molar-refractivity contribution in [3.8, 4) is 0 Å². The maximum Gasteiger partial charge on any atom is 0.254 e. The van der Waals surface area contributed by atoms with E-state index >= 15 is 0 Å². The first-order chi connectivity index (χ1) is 12.1. The molecule has 7 nitrogen and oxygen atoms in total. The third-order valence-electron chi connectivity index (χ3n) is 4.76. The van der Waals surface area contributed by atoms with Crippen LogP contribution in [0.25, 0.3) is 5.57 Å². The Balaban J connectivity index is 2.06. The van der Waals surface area contributed by atoms with Crippen molar-refractivity contribution < 1.29 is 9.18 Å². The first-order valence-electron chi connectivity index (χ1n) is 8.47. The van der Waals surface area contributed by atoms with Gasteiger partial charge < -0.3 is 27.1 Å². The summed E-state index contributed by atoms with van der Waals surface area (Å²) >= 11 is 0. The zero-order valence-corrected chi connectivity index (χ0v) is 14.2. The zero-order valence-electron chi connectivity index (χ0n) is 14.2. The van der Waals surface area contributed by atoms with Crippen LogP contribution in [0.3, 0.4) is 0 Å². The number of amides is 1. The van der Waals surface area contributed by atoms with Crippen LogP contribution in [0.4, 0.5) is 10.2 Å². The maximum atomic E-state index is 14.9. The van der Waals surface area contributed by atoms with Gasteiger partial charge in [-0.25, -0.2) is 9.37 Å². The quantitative estimate of drug-likeness (QED) is 0.516. The van der Waals surface area contributed by atoms with Crippen molar-refractivity contribution in [1.29, 1.82) is 5.41 Å². The molecule has 2 unspecified atom stereocenters. The zero-order chi connectivity index (χ0) is 18.0. The number of hydrogen-bond acceptors (Lipinski definition) is 6. The number of fused-ring (bicyclic) bond motifs is 1. The molecule has 6 N–H and O–H groups in total. The molecule has 2 atom stereocenters. The molecule has 0 aromatic carbocycles. The standard InChI is InChI=1S/C17H23FN6O/c1-21-7-9(6-19)15-13-10(8-22-17(13)25)14(18)16(24-15)23-12-5-3-2-4-11(12)20/h6-7,11-12,19,21H,2-5,8,20H2,1H3,(H,22,25)(H,23,24)/b9-7+,19-6?. The lowest BCUT2D eigenvalue weighted by Gasteiger charge is -2.30. The fourth-order valence-corrected chi connectivity index (χ4v) is 3.43. The number of aromatic nitrogens is 1. The fourth-order valence-electron chi connectivity index (χ4n) is 3.43. The smallest absolute Gasteiger partial charge is 0.254 e. The van der Waals surface area contributed by atoms with Gasteiger partial charge in [-0.05, 0) is 12.8 Å². The molecular weight excluding hydrogens is 323 g/mol. The minimum absolute atomic E-state index is 0.0524. The summed E-state index contributed by atoms with van der Waals surface area (Å²) < 4.78 is 14.9. The van der Waals surface area contributed by atoms with Crippen molar-refractivity contribution in [1.82, 2.24) is 15.6 Å². The van der Waals surface area contributed by atoms with E-state index in [0.717, 1.165) is 31.9 Å². The summed E-state index contributed by atoms with van der Waals surface area (Å²) in [7, 11) is 1.69. The minimum Gasteiger partial charge on any atom is -0.393 e. The van der Waals surface area contributed by atoms with Gasteiger partial charge in [0.2, 0.25) is 0 Å². The number of pyridine rings is 1. The van der Waals surface area contributed by atoms with E-state index in [2.05, 4.69) is 20.9 Å². The van der Waals surface area contributed by atoms with Gasteiger partial charge in [0.25, 0.3) is 5.91 Å². The largest absolute Gasteiger partial charge is 0.393 e. The van der Waals surface area contributed by atoms with Crippen molar-refractivity contribution in [2.24, 2.45) is 5.73 Å². The maximum absolute atomic E-state index is 14.9. The van der Waals surface area contributed by atoms with Crippen LogP contribution in [-0.4, -0.2) is 36.2 Å². The number of anilines is 1. The molecule has 0 saturated heterocycles. The Morgan fingerprint density at radius 2 is 2.20 bits per heavy atom. The Morgan fingerprint density at radius 1 is 1.44 bits per heavy atom. The average Bonchev–Trinajstić information content (AvgIpc) is 3.00. The van der Waals surface area contributed by atoms with Crippen LogP contribution >= 0.6 is 0 Å². The van der Waals surface area contributed by atoms with E-state index in [1.807, 2.05) is 0 Å². The van der Waals surface area contributed by atoms with E-state index in [1.165, 1.54) is 0 Å². The molecule has 8 heteroatoms. The molecule has 1 aliphatic heterocycles. The second-order valence-corrected chi connectivity index (χ2v) is 6.39. The predicted octanol–water partition coefficient (Wildman–Crippen LogP) is 1.36. The number of halogens is 1. The summed E-state index contributed by atoms with van der Waals surface area (Å²) in [6, 6.07) is -0.107. The highest BCUT2D eigenvalue weighted by molar-refractivity contribution is 6.13. The summed E-state index contributed by atoms with van der Waals surface area (Å²) in [4.78, 5) is 16.5.